The standard InChI is InChI=1S/C28H39N7O7/c1-16(2)24(35-25(39)17(3)31-27(41)23(14-37)32-18(4)38)28(42)34-22(10-19-8-6-5-7-9-19)26(40)33-21(13-36)11-20-12-29-15-30-20/h5-9,12-13,15-17,21-24,37H,10-11,14H2,1-4H3,(H,29,30)(H,31,41)(H,32,38)(H,33,40)(H,34,42)(H,35,39)/t17-,21-,22-,23-,24-/m0/s1. The van der Waals surface area contributed by atoms with Crippen molar-refractivity contribution >= 4 is 35.8 Å². The van der Waals surface area contributed by atoms with Gasteiger partial charge in [0.25, 0.3) is 0 Å². The van der Waals surface area contributed by atoms with E-state index in [-0.39, 0.29) is 12.8 Å². The van der Waals surface area contributed by atoms with Crippen molar-refractivity contribution in [2.24, 2.45) is 5.92 Å². The van der Waals surface area contributed by atoms with E-state index in [4.69, 9.17) is 0 Å². The highest BCUT2D eigenvalue weighted by Gasteiger charge is 2.32. The predicted octanol–water partition coefficient (Wildman–Crippen LogP) is -1.49. The largest absolute Gasteiger partial charge is 0.394 e. The van der Waals surface area contributed by atoms with Gasteiger partial charge in [-0.3, -0.25) is 24.0 Å². The second-order valence-electron chi connectivity index (χ2n) is 10.2. The van der Waals surface area contributed by atoms with Gasteiger partial charge >= 0.3 is 0 Å². The summed E-state index contributed by atoms with van der Waals surface area (Å²) in [6.45, 7) is 5.29. The Bertz CT molecular complexity index is 1200. The molecule has 0 saturated carbocycles. The quantitative estimate of drug-likeness (QED) is 0.115. The first-order valence-corrected chi connectivity index (χ1v) is 13.5. The molecule has 228 valence electrons. The van der Waals surface area contributed by atoms with Crippen LogP contribution in [0.25, 0.3) is 0 Å². The lowest BCUT2D eigenvalue weighted by atomic mass is 10.00. The van der Waals surface area contributed by atoms with Gasteiger partial charge in [0.1, 0.15) is 30.5 Å². The molecule has 0 spiro atoms. The van der Waals surface area contributed by atoms with E-state index in [1.165, 1.54) is 26.4 Å². The van der Waals surface area contributed by atoms with Crippen LogP contribution in [-0.2, 0) is 41.6 Å². The Labute approximate surface area is 243 Å². The zero-order valence-electron chi connectivity index (χ0n) is 24.0. The van der Waals surface area contributed by atoms with Crippen molar-refractivity contribution in [3.8, 4) is 0 Å². The van der Waals surface area contributed by atoms with Gasteiger partial charge < -0.3 is 41.5 Å². The zero-order valence-corrected chi connectivity index (χ0v) is 24.0. The molecule has 0 saturated heterocycles. The van der Waals surface area contributed by atoms with Crippen LogP contribution in [0, 0.1) is 5.92 Å². The number of carbonyl (C=O) groups excluding carboxylic acids is 6. The summed E-state index contributed by atoms with van der Waals surface area (Å²) < 4.78 is 0. The van der Waals surface area contributed by atoms with Gasteiger partial charge in [-0.1, -0.05) is 44.2 Å². The number of amides is 5. The molecule has 42 heavy (non-hydrogen) atoms. The molecule has 0 aliphatic heterocycles. The third-order valence-corrected chi connectivity index (χ3v) is 6.28. The Kier molecular flexibility index (Phi) is 13.3. The Morgan fingerprint density at radius 3 is 2.07 bits per heavy atom. The van der Waals surface area contributed by atoms with E-state index in [9.17, 15) is 33.9 Å². The van der Waals surface area contributed by atoms with Crippen molar-refractivity contribution < 1.29 is 33.9 Å². The van der Waals surface area contributed by atoms with E-state index in [2.05, 4.69) is 36.6 Å². The summed E-state index contributed by atoms with van der Waals surface area (Å²) in [5.74, 6) is -3.65. The van der Waals surface area contributed by atoms with Crippen molar-refractivity contribution in [1.29, 1.82) is 0 Å². The molecule has 14 heteroatoms. The predicted molar refractivity (Wildman–Crippen MR) is 151 cm³/mol. The van der Waals surface area contributed by atoms with Gasteiger partial charge in [-0.15, -0.1) is 0 Å². The summed E-state index contributed by atoms with van der Waals surface area (Å²) in [6.07, 6.45) is 3.88. The fraction of sp³-hybridized carbons (Fsp3) is 0.464. The molecule has 0 fully saturated rings. The summed E-state index contributed by atoms with van der Waals surface area (Å²) in [7, 11) is 0. The molecule has 0 aliphatic rings. The molecule has 0 radical (unpaired) electrons. The van der Waals surface area contributed by atoms with Gasteiger partial charge in [0.15, 0.2) is 0 Å². The number of carbonyl (C=O) groups is 6. The first-order chi connectivity index (χ1) is 19.9. The maximum Gasteiger partial charge on any atom is 0.245 e. The third-order valence-electron chi connectivity index (χ3n) is 6.28. The number of aliphatic hydroxyl groups excluding tert-OH is 1. The van der Waals surface area contributed by atoms with E-state index in [1.807, 2.05) is 6.07 Å². The highest BCUT2D eigenvalue weighted by atomic mass is 16.3. The van der Waals surface area contributed by atoms with E-state index < -0.39 is 72.3 Å². The van der Waals surface area contributed by atoms with E-state index in [0.29, 0.717) is 12.0 Å². The minimum atomic E-state index is -1.25. The van der Waals surface area contributed by atoms with Gasteiger partial charge in [-0.25, -0.2) is 4.98 Å². The Balaban J connectivity index is 2.14. The van der Waals surface area contributed by atoms with Crippen LogP contribution in [0.4, 0.5) is 0 Å². The maximum atomic E-state index is 13.4. The van der Waals surface area contributed by atoms with Crippen LogP contribution < -0.4 is 26.6 Å². The molecule has 14 nitrogen and oxygen atoms in total. The number of hydrogen-bond donors (Lipinski definition) is 7. The molecule has 1 heterocycles. The summed E-state index contributed by atoms with van der Waals surface area (Å²) in [6, 6.07) is 3.57. The number of aromatic nitrogens is 2. The molecule has 0 bridgehead atoms. The Hall–Kier alpha value is -4.59. The second kappa shape index (κ2) is 16.6. The number of benzene rings is 1. The molecule has 0 aliphatic carbocycles. The van der Waals surface area contributed by atoms with Crippen LogP contribution in [-0.4, -0.2) is 87.7 Å². The van der Waals surface area contributed by atoms with E-state index in [1.54, 1.807) is 38.1 Å². The van der Waals surface area contributed by atoms with Crippen molar-refractivity contribution in [1.82, 2.24) is 36.6 Å². The van der Waals surface area contributed by atoms with Crippen LogP contribution in [0.5, 0.6) is 0 Å². The average molecular weight is 586 g/mol. The number of nitrogens with zero attached hydrogens (tertiary/aromatic N) is 1. The van der Waals surface area contributed by atoms with Crippen LogP contribution in [0.3, 0.4) is 0 Å². The van der Waals surface area contributed by atoms with Gasteiger partial charge in [0, 0.05) is 31.7 Å². The van der Waals surface area contributed by atoms with Crippen molar-refractivity contribution in [3.05, 3.63) is 54.1 Å². The smallest absolute Gasteiger partial charge is 0.245 e. The number of hydrogen-bond acceptors (Lipinski definition) is 8. The number of H-pyrrole nitrogens is 1. The molecular formula is C28H39N7O7. The molecule has 1 aromatic carbocycles. The van der Waals surface area contributed by atoms with Gasteiger partial charge in [0.05, 0.1) is 19.0 Å². The fourth-order valence-electron chi connectivity index (χ4n) is 4.00. The molecule has 7 N–H and O–H groups in total. The van der Waals surface area contributed by atoms with Gasteiger partial charge in [0.2, 0.25) is 29.5 Å². The fourth-order valence-corrected chi connectivity index (χ4v) is 4.00. The molecule has 0 unspecified atom stereocenters. The summed E-state index contributed by atoms with van der Waals surface area (Å²) >= 11 is 0. The normalized spacial score (nSPS) is 14.4. The maximum absolute atomic E-state index is 13.4. The molecular weight excluding hydrogens is 546 g/mol. The summed E-state index contributed by atoms with van der Waals surface area (Å²) in [5, 5.41) is 22.0. The van der Waals surface area contributed by atoms with Crippen LogP contribution >= 0.6 is 0 Å². The van der Waals surface area contributed by atoms with E-state index in [0.717, 1.165) is 5.56 Å². The minimum absolute atomic E-state index is 0.116. The molecule has 1 aromatic heterocycles. The highest BCUT2D eigenvalue weighted by Crippen LogP contribution is 2.08. The third kappa shape index (κ3) is 10.8. The Morgan fingerprint density at radius 2 is 1.52 bits per heavy atom. The van der Waals surface area contributed by atoms with Crippen LogP contribution in [0.1, 0.15) is 39.0 Å². The lowest BCUT2D eigenvalue weighted by Gasteiger charge is -2.27. The minimum Gasteiger partial charge on any atom is -0.394 e. The van der Waals surface area contributed by atoms with Crippen molar-refractivity contribution in [2.45, 2.75) is 70.7 Å². The number of nitrogens with one attached hydrogen (secondary N) is 6. The van der Waals surface area contributed by atoms with Crippen molar-refractivity contribution in [2.75, 3.05) is 6.61 Å². The number of imidazole rings is 1. The molecule has 2 aromatic rings. The lowest BCUT2D eigenvalue weighted by molar-refractivity contribution is -0.135. The summed E-state index contributed by atoms with van der Waals surface area (Å²) in [5.41, 5.74) is 1.40. The Morgan fingerprint density at radius 1 is 0.857 bits per heavy atom. The van der Waals surface area contributed by atoms with E-state index >= 15 is 0 Å². The SMILES string of the molecule is CC(=O)N[C@@H](CO)C(=O)N[C@@H](C)C(=O)N[C@H](C(=O)N[C@@H](Cc1ccccc1)C(=O)N[C@H](C=O)Cc1cnc[nH]1)C(C)C. The molecule has 2 rings (SSSR count). The molecule has 5 amide bonds. The zero-order chi connectivity index (χ0) is 31.2. The highest BCUT2D eigenvalue weighted by molar-refractivity contribution is 5.95. The molecule has 5 atom stereocenters. The van der Waals surface area contributed by atoms with Crippen molar-refractivity contribution in [3.63, 3.8) is 0 Å². The first-order valence-electron chi connectivity index (χ1n) is 13.5. The number of aliphatic hydroxyl groups is 1. The topological polar surface area (TPSA) is 211 Å². The second-order valence-corrected chi connectivity index (χ2v) is 10.2. The number of aromatic amines is 1. The van der Waals surface area contributed by atoms with Gasteiger partial charge in [-0.2, -0.15) is 0 Å². The number of aldehydes is 1. The van der Waals surface area contributed by atoms with Crippen LogP contribution in [0.2, 0.25) is 0 Å². The summed E-state index contributed by atoms with van der Waals surface area (Å²) in [4.78, 5) is 81.7. The van der Waals surface area contributed by atoms with Gasteiger partial charge in [-0.05, 0) is 18.4 Å². The number of rotatable bonds is 16. The first kappa shape index (κ1) is 33.6. The lowest BCUT2D eigenvalue weighted by Crippen LogP contribution is -2.59. The van der Waals surface area contributed by atoms with Crippen LogP contribution in [0.15, 0.2) is 42.9 Å². The monoisotopic (exact) mass is 585 g/mol. The average Bonchev–Trinajstić information content (AvgIpc) is 3.46.